The fourth-order valence-electron chi connectivity index (χ4n) is 3.19. The summed E-state index contributed by atoms with van der Waals surface area (Å²) in [5.74, 6) is -2.67. The summed E-state index contributed by atoms with van der Waals surface area (Å²) in [5, 5.41) is 12.9. The fraction of sp³-hybridized carbons (Fsp3) is 0.238. The minimum absolute atomic E-state index is 0.0788. The molecule has 9 heteroatoms. The van der Waals surface area contributed by atoms with Crippen LogP contribution in [0.1, 0.15) is 32.9 Å². The van der Waals surface area contributed by atoms with Crippen molar-refractivity contribution >= 4 is 23.2 Å². The molecule has 0 bridgehead atoms. The molecule has 2 N–H and O–H groups in total. The van der Waals surface area contributed by atoms with E-state index in [1.54, 1.807) is 6.92 Å². The Bertz CT molecular complexity index is 1120. The highest BCUT2D eigenvalue weighted by Crippen LogP contribution is 2.23. The molecule has 0 aliphatic heterocycles. The predicted molar refractivity (Wildman–Crippen MR) is 108 cm³/mol. The normalized spacial score (nSPS) is 10.7. The number of carbonyl (C=O) groups is 2. The molecule has 0 saturated carbocycles. The van der Waals surface area contributed by atoms with E-state index in [1.165, 1.54) is 4.68 Å². The highest BCUT2D eigenvalue weighted by atomic mass is 19.1. The monoisotopic (exact) mass is 413 g/mol. The zero-order chi connectivity index (χ0) is 22.0. The minimum Gasteiger partial charge on any atom is -0.322 e. The second kappa shape index (κ2) is 8.40. The lowest BCUT2D eigenvalue weighted by molar-refractivity contribution is -0.117. The topological polar surface area (TPSA) is 88.9 Å². The molecule has 0 aliphatic rings. The average Bonchev–Trinajstić information content (AvgIpc) is 3.01. The molecule has 0 unspecified atom stereocenters. The lowest BCUT2D eigenvalue weighted by Crippen LogP contribution is -2.21. The van der Waals surface area contributed by atoms with E-state index in [0.29, 0.717) is 17.4 Å². The van der Waals surface area contributed by atoms with Crippen LogP contribution < -0.4 is 10.6 Å². The summed E-state index contributed by atoms with van der Waals surface area (Å²) in [6, 6.07) is 6.77. The van der Waals surface area contributed by atoms with Gasteiger partial charge in [0.2, 0.25) is 5.91 Å². The van der Waals surface area contributed by atoms with Crippen LogP contribution in [0.4, 0.5) is 20.2 Å². The maximum Gasteiger partial charge on any atom is 0.278 e. The van der Waals surface area contributed by atoms with Crippen LogP contribution in [-0.4, -0.2) is 26.8 Å². The van der Waals surface area contributed by atoms with E-state index in [2.05, 4.69) is 20.9 Å². The highest BCUT2D eigenvalue weighted by Gasteiger charge is 2.20. The van der Waals surface area contributed by atoms with Crippen LogP contribution in [-0.2, 0) is 11.3 Å². The van der Waals surface area contributed by atoms with E-state index in [-0.39, 0.29) is 17.9 Å². The van der Waals surface area contributed by atoms with Gasteiger partial charge in [0.05, 0.1) is 11.4 Å². The number of nitrogens with one attached hydrogen (secondary N) is 2. The highest BCUT2D eigenvalue weighted by molar-refractivity contribution is 6.04. The Morgan fingerprint density at radius 2 is 1.67 bits per heavy atom. The Kier molecular flexibility index (Phi) is 5.91. The molecular weight excluding hydrogens is 392 g/mol. The van der Waals surface area contributed by atoms with E-state index in [4.69, 9.17) is 0 Å². The molecule has 0 atom stereocenters. The third-order valence-electron chi connectivity index (χ3n) is 4.61. The predicted octanol–water partition coefficient (Wildman–Crippen LogP) is 3.68. The molecule has 1 heterocycles. The Balaban J connectivity index is 1.72. The van der Waals surface area contributed by atoms with Crippen molar-refractivity contribution in [3.05, 3.63) is 70.0 Å². The van der Waals surface area contributed by atoms with Gasteiger partial charge >= 0.3 is 0 Å². The third kappa shape index (κ3) is 4.51. The van der Waals surface area contributed by atoms with Crippen LogP contribution >= 0.6 is 0 Å². The molecular formula is C21H21F2N5O2. The number of halogens is 2. The van der Waals surface area contributed by atoms with Crippen molar-refractivity contribution in [1.82, 2.24) is 15.0 Å². The molecule has 0 fully saturated rings. The SMILES string of the molecule is Cc1cc(C)c(NC(=O)c2nnn(CC(=O)Nc3ccc(F)cc3F)c2C)c(C)c1. The number of hydrogen-bond acceptors (Lipinski definition) is 4. The van der Waals surface area contributed by atoms with Crippen LogP contribution in [0.25, 0.3) is 0 Å². The molecule has 2 aromatic carbocycles. The number of benzene rings is 2. The van der Waals surface area contributed by atoms with Crippen LogP contribution in [0.3, 0.4) is 0 Å². The van der Waals surface area contributed by atoms with Crippen LogP contribution in [0, 0.1) is 39.3 Å². The quantitative estimate of drug-likeness (QED) is 0.668. The summed E-state index contributed by atoms with van der Waals surface area (Å²) in [5.41, 5.74) is 3.94. The van der Waals surface area contributed by atoms with Gasteiger partial charge in [0.25, 0.3) is 5.91 Å². The van der Waals surface area contributed by atoms with Gasteiger partial charge in [0, 0.05) is 11.8 Å². The second-order valence-electron chi connectivity index (χ2n) is 7.08. The van der Waals surface area contributed by atoms with E-state index < -0.39 is 23.4 Å². The Morgan fingerprint density at radius 1 is 1.00 bits per heavy atom. The summed E-state index contributed by atoms with van der Waals surface area (Å²) in [7, 11) is 0. The van der Waals surface area contributed by atoms with E-state index in [1.807, 2.05) is 32.9 Å². The van der Waals surface area contributed by atoms with Gasteiger partial charge in [0.15, 0.2) is 5.69 Å². The minimum atomic E-state index is -0.887. The number of amides is 2. The number of carbonyl (C=O) groups excluding carboxylic acids is 2. The van der Waals surface area contributed by atoms with Gasteiger partial charge in [-0.25, -0.2) is 13.5 Å². The van der Waals surface area contributed by atoms with Crippen molar-refractivity contribution in [3.8, 4) is 0 Å². The molecule has 7 nitrogen and oxygen atoms in total. The van der Waals surface area contributed by atoms with Gasteiger partial charge in [-0.05, 0) is 51.0 Å². The standard InChI is InChI=1S/C21H21F2N5O2/c1-11-7-12(2)19(13(3)8-11)25-21(30)20-14(4)28(27-26-20)10-18(29)24-17-6-5-15(22)9-16(17)23/h5-9H,10H2,1-4H3,(H,24,29)(H,25,30). The largest absolute Gasteiger partial charge is 0.322 e. The van der Waals surface area contributed by atoms with Crippen molar-refractivity contribution in [2.45, 2.75) is 34.2 Å². The zero-order valence-corrected chi connectivity index (χ0v) is 17.0. The number of hydrogen-bond donors (Lipinski definition) is 2. The van der Waals surface area contributed by atoms with Crippen LogP contribution in [0.2, 0.25) is 0 Å². The second-order valence-corrected chi connectivity index (χ2v) is 7.08. The first-order valence-electron chi connectivity index (χ1n) is 9.20. The number of aryl methyl sites for hydroxylation is 3. The van der Waals surface area contributed by atoms with Gasteiger partial charge in [0.1, 0.15) is 18.2 Å². The van der Waals surface area contributed by atoms with Gasteiger partial charge in [-0.2, -0.15) is 0 Å². The average molecular weight is 413 g/mol. The Labute approximate surface area is 172 Å². The van der Waals surface area contributed by atoms with Crippen LogP contribution in [0.15, 0.2) is 30.3 Å². The molecule has 30 heavy (non-hydrogen) atoms. The first-order valence-corrected chi connectivity index (χ1v) is 9.20. The molecule has 0 radical (unpaired) electrons. The molecule has 3 aromatic rings. The maximum absolute atomic E-state index is 13.7. The van der Waals surface area contributed by atoms with Gasteiger partial charge < -0.3 is 10.6 Å². The van der Waals surface area contributed by atoms with Crippen molar-refractivity contribution in [2.24, 2.45) is 0 Å². The van der Waals surface area contributed by atoms with Crippen molar-refractivity contribution in [2.75, 3.05) is 10.6 Å². The smallest absolute Gasteiger partial charge is 0.278 e. The lowest BCUT2D eigenvalue weighted by atomic mass is 10.0. The van der Waals surface area contributed by atoms with Gasteiger partial charge in [-0.3, -0.25) is 9.59 Å². The molecule has 2 amide bonds. The lowest BCUT2D eigenvalue weighted by Gasteiger charge is -2.12. The molecule has 0 saturated heterocycles. The molecule has 156 valence electrons. The summed E-state index contributed by atoms with van der Waals surface area (Å²) >= 11 is 0. The van der Waals surface area contributed by atoms with Crippen molar-refractivity contribution in [3.63, 3.8) is 0 Å². The number of nitrogens with zero attached hydrogens (tertiary/aromatic N) is 3. The van der Waals surface area contributed by atoms with Crippen molar-refractivity contribution in [1.29, 1.82) is 0 Å². The molecule has 0 spiro atoms. The Morgan fingerprint density at radius 3 is 2.30 bits per heavy atom. The van der Waals surface area contributed by atoms with E-state index in [0.717, 1.165) is 28.8 Å². The summed E-state index contributed by atoms with van der Waals surface area (Å²) in [6.07, 6.45) is 0. The number of anilines is 2. The molecule has 0 aliphatic carbocycles. The first kappa shape index (κ1) is 21.1. The van der Waals surface area contributed by atoms with E-state index >= 15 is 0 Å². The maximum atomic E-state index is 13.7. The zero-order valence-electron chi connectivity index (χ0n) is 17.0. The number of aromatic nitrogens is 3. The summed E-state index contributed by atoms with van der Waals surface area (Å²) < 4.78 is 27.9. The first-order chi connectivity index (χ1) is 14.2. The third-order valence-corrected chi connectivity index (χ3v) is 4.61. The van der Waals surface area contributed by atoms with Crippen molar-refractivity contribution < 1.29 is 18.4 Å². The number of rotatable bonds is 5. The van der Waals surface area contributed by atoms with Gasteiger partial charge in [-0.1, -0.05) is 22.9 Å². The fourth-order valence-corrected chi connectivity index (χ4v) is 3.19. The summed E-state index contributed by atoms with van der Waals surface area (Å²) in [6.45, 7) is 7.10. The van der Waals surface area contributed by atoms with Crippen LogP contribution in [0.5, 0.6) is 0 Å². The van der Waals surface area contributed by atoms with E-state index in [9.17, 15) is 18.4 Å². The Hall–Kier alpha value is -3.62. The molecule has 1 aromatic heterocycles. The summed E-state index contributed by atoms with van der Waals surface area (Å²) in [4.78, 5) is 24.9. The molecule has 3 rings (SSSR count). The van der Waals surface area contributed by atoms with Gasteiger partial charge in [-0.15, -0.1) is 5.10 Å².